The predicted molar refractivity (Wildman–Crippen MR) is 78.9 cm³/mol. The maximum atomic E-state index is 5.78. The molecular formula is C16H18ClNO. The van der Waals surface area contributed by atoms with Crippen molar-refractivity contribution in [1.82, 2.24) is 4.98 Å². The van der Waals surface area contributed by atoms with Gasteiger partial charge in [0.2, 0.25) is 5.88 Å². The number of rotatable bonds is 3. The van der Waals surface area contributed by atoms with Gasteiger partial charge in [0.15, 0.2) is 0 Å². The zero-order valence-corrected chi connectivity index (χ0v) is 12.2. The molecule has 0 spiro atoms. The third-order valence-electron chi connectivity index (χ3n) is 2.58. The summed E-state index contributed by atoms with van der Waals surface area (Å²) in [5.41, 5.74) is 1.60. The van der Waals surface area contributed by atoms with Crippen molar-refractivity contribution in [3.05, 3.63) is 53.2 Å². The molecule has 1 aromatic heterocycles. The highest BCUT2D eigenvalue weighted by molar-refractivity contribution is 6.30. The van der Waals surface area contributed by atoms with Crippen LogP contribution in [0.1, 0.15) is 26.3 Å². The van der Waals surface area contributed by atoms with Crippen molar-refractivity contribution >= 4 is 11.6 Å². The first kappa shape index (κ1) is 13.9. The van der Waals surface area contributed by atoms with Gasteiger partial charge < -0.3 is 4.74 Å². The van der Waals surface area contributed by atoms with Gasteiger partial charge in [0.05, 0.1) is 5.02 Å². The van der Waals surface area contributed by atoms with E-state index in [0.29, 0.717) is 16.3 Å². The number of pyridine rings is 1. The van der Waals surface area contributed by atoms with Gasteiger partial charge in [-0.3, -0.25) is 0 Å². The average molecular weight is 276 g/mol. The van der Waals surface area contributed by atoms with Crippen molar-refractivity contribution in [2.75, 3.05) is 0 Å². The van der Waals surface area contributed by atoms with Crippen LogP contribution in [0.25, 0.3) is 0 Å². The van der Waals surface area contributed by atoms with E-state index in [-0.39, 0.29) is 0 Å². The number of halogens is 1. The van der Waals surface area contributed by atoms with Gasteiger partial charge in [-0.15, -0.1) is 0 Å². The number of aromatic nitrogens is 1. The molecule has 3 heteroatoms. The Morgan fingerprint density at radius 1 is 1.05 bits per heavy atom. The van der Waals surface area contributed by atoms with Gasteiger partial charge in [0.1, 0.15) is 5.75 Å². The molecule has 100 valence electrons. The van der Waals surface area contributed by atoms with E-state index < -0.39 is 0 Å². The molecule has 2 aromatic rings. The molecule has 0 amide bonds. The van der Waals surface area contributed by atoms with Gasteiger partial charge in [0, 0.05) is 12.3 Å². The minimum absolute atomic E-state index is 0.292. The summed E-state index contributed by atoms with van der Waals surface area (Å²) in [6.07, 6.45) is 2.62. The zero-order valence-electron chi connectivity index (χ0n) is 11.5. The third-order valence-corrected chi connectivity index (χ3v) is 2.80. The average Bonchev–Trinajstić information content (AvgIpc) is 2.33. The number of hydrogen-bond donors (Lipinski definition) is 0. The maximum absolute atomic E-state index is 5.78. The lowest BCUT2D eigenvalue weighted by molar-refractivity contribution is 0.410. The summed E-state index contributed by atoms with van der Waals surface area (Å²) in [7, 11) is 0. The van der Waals surface area contributed by atoms with Crippen molar-refractivity contribution in [2.24, 2.45) is 5.41 Å². The lowest BCUT2D eigenvalue weighted by atomic mass is 9.88. The molecule has 0 saturated carbocycles. The molecule has 0 saturated heterocycles. The standard InChI is InChI=1S/C16H18ClNO/c1-16(2,3)10-12-4-7-14(8-5-12)19-15-9-6-13(17)11-18-15/h4-9,11H,10H2,1-3H3. The highest BCUT2D eigenvalue weighted by Crippen LogP contribution is 2.24. The molecule has 0 atom stereocenters. The van der Waals surface area contributed by atoms with Gasteiger partial charge in [0.25, 0.3) is 0 Å². The highest BCUT2D eigenvalue weighted by Gasteiger charge is 2.11. The molecular weight excluding hydrogens is 258 g/mol. The Morgan fingerprint density at radius 2 is 1.74 bits per heavy atom. The number of hydrogen-bond acceptors (Lipinski definition) is 2. The summed E-state index contributed by atoms with van der Waals surface area (Å²) in [6, 6.07) is 11.6. The van der Waals surface area contributed by atoms with Crippen LogP contribution in [0.3, 0.4) is 0 Å². The van der Waals surface area contributed by atoms with Crippen LogP contribution in [0.5, 0.6) is 11.6 Å². The van der Waals surface area contributed by atoms with E-state index in [1.165, 1.54) is 5.56 Å². The summed E-state index contributed by atoms with van der Waals surface area (Å²) in [6.45, 7) is 6.69. The van der Waals surface area contributed by atoms with E-state index >= 15 is 0 Å². The summed E-state index contributed by atoms with van der Waals surface area (Å²) >= 11 is 5.78. The zero-order chi connectivity index (χ0) is 13.9. The second-order valence-corrected chi connectivity index (χ2v) is 6.23. The van der Waals surface area contributed by atoms with Crippen LogP contribution in [0.15, 0.2) is 42.6 Å². The maximum Gasteiger partial charge on any atom is 0.219 e. The largest absolute Gasteiger partial charge is 0.439 e. The van der Waals surface area contributed by atoms with Gasteiger partial charge in [-0.1, -0.05) is 44.5 Å². The molecule has 2 rings (SSSR count). The fourth-order valence-electron chi connectivity index (χ4n) is 1.83. The Kier molecular flexibility index (Phi) is 4.11. The van der Waals surface area contributed by atoms with Crippen molar-refractivity contribution in [2.45, 2.75) is 27.2 Å². The molecule has 0 unspecified atom stereocenters. The second kappa shape index (κ2) is 5.62. The first-order chi connectivity index (χ1) is 8.92. The van der Waals surface area contributed by atoms with E-state index in [0.717, 1.165) is 12.2 Å². The third kappa shape index (κ3) is 4.56. The monoisotopic (exact) mass is 275 g/mol. The highest BCUT2D eigenvalue weighted by atomic mass is 35.5. The Labute approximate surface area is 119 Å². The lowest BCUT2D eigenvalue weighted by Crippen LogP contribution is -2.08. The number of nitrogens with zero attached hydrogens (tertiary/aromatic N) is 1. The molecule has 0 radical (unpaired) electrons. The summed E-state index contributed by atoms with van der Waals surface area (Å²) in [5, 5.41) is 0.605. The smallest absolute Gasteiger partial charge is 0.219 e. The van der Waals surface area contributed by atoms with Crippen LogP contribution in [0.2, 0.25) is 5.02 Å². The second-order valence-electron chi connectivity index (χ2n) is 5.80. The first-order valence-corrected chi connectivity index (χ1v) is 6.68. The van der Waals surface area contributed by atoms with Gasteiger partial charge >= 0.3 is 0 Å². The Morgan fingerprint density at radius 3 is 2.26 bits per heavy atom. The lowest BCUT2D eigenvalue weighted by Gasteiger charge is -2.18. The quantitative estimate of drug-likeness (QED) is 0.776. The van der Waals surface area contributed by atoms with Gasteiger partial charge in [-0.25, -0.2) is 4.98 Å². The van der Waals surface area contributed by atoms with E-state index in [9.17, 15) is 0 Å². The first-order valence-electron chi connectivity index (χ1n) is 6.31. The van der Waals surface area contributed by atoms with Gasteiger partial charge in [-0.05, 0) is 35.6 Å². The molecule has 0 aliphatic carbocycles. The van der Waals surface area contributed by atoms with Crippen molar-refractivity contribution < 1.29 is 4.74 Å². The summed E-state index contributed by atoms with van der Waals surface area (Å²) in [5.74, 6) is 1.33. The molecule has 0 N–H and O–H groups in total. The Bertz CT molecular complexity index is 526. The van der Waals surface area contributed by atoms with E-state index in [1.807, 2.05) is 12.1 Å². The topological polar surface area (TPSA) is 22.1 Å². The number of benzene rings is 1. The van der Waals surface area contributed by atoms with Crippen LogP contribution < -0.4 is 4.74 Å². The Balaban J connectivity index is 2.04. The normalized spacial score (nSPS) is 11.4. The van der Waals surface area contributed by atoms with Crippen molar-refractivity contribution in [3.63, 3.8) is 0 Å². The molecule has 1 heterocycles. The minimum Gasteiger partial charge on any atom is -0.439 e. The van der Waals surface area contributed by atoms with Crippen LogP contribution >= 0.6 is 11.6 Å². The summed E-state index contributed by atoms with van der Waals surface area (Å²) < 4.78 is 5.65. The van der Waals surface area contributed by atoms with Crippen molar-refractivity contribution in [3.8, 4) is 11.6 Å². The van der Waals surface area contributed by atoms with E-state index in [2.05, 4.69) is 37.9 Å². The van der Waals surface area contributed by atoms with Crippen LogP contribution in [-0.2, 0) is 6.42 Å². The molecule has 0 bridgehead atoms. The molecule has 0 aliphatic rings. The fraction of sp³-hybridized carbons (Fsp3) is 0.312. The SMILES string of the molecule is CC(C)(C)Cc1ccc(Oc2ccc(Cl)cn2)cc1. The molecule has 0 fully saturated rings. The fourth-order valence-corrected chi connectivity index (χ4v) is 1.94. The van der Waals surface area contributed by atoms with E-state index in [1.54, 1.807) is 18.3 Å². The molecule has 2 nitrogen and oxygen atoms in total. The van der Waals surface area contributed by atoms with Crippen LogP contribution in [0, 0.1) is 5.41 Å². The predicted octanol–water partition coefficient (Wildman–Crippen LogP) is 5.12. The number of ether oxygens (including phenoxy) is 1. The summed E-state index contributed by atoms with van der Waals surface area (Å²) in [4.78, 5) is 4.10. The van der Waals surface area contributed by atoms with Crippen LogP contribution in [-0.4, -0.2) is 4.98 Å². The molecule has 19 heavy (non-hydrogen) atoms. The molecule has 0 aliphatic heterocycles. The minimum atomic E-state index is 0.292. The van der Waals surface area contributed by atoms with Gasteiger partial charge in [-0.2, -0.15) is 0 Å². The van der Waals surface area contributed by atoms with Crippen LogP contribution in [0.4, 0.5) is 0 Å². The van der Waals surface area contributed by atoms with Crippen molar-refractivity contribution in [1.29, 1.82) is 0 Å². The van der Waals surface area contributed by atoms with E-state index in [4.69, 9.17) is 16.3 Å². The Hall–Kier alpha value is -1.54. The molecule has 1 aromatic carbocycles.